The lowest BCUT2D eigenvalue weighted by atomic mass is 9.91. The minimum absolute atomic E-state index is 0.414. The van der Waals surface area contributed by atoms with Gasteiger partial charge in [0.15, 0.2) is 17.9 Å². The number of nitrogens with one attached hydrogen (secondary N) is 1. The number of aromatic amines is 1. The molecule has 37 heavy (non-hydrogen) atoms. The van der Waals surface area contributed by atoms with E-state index < -0.39 is 6.04 Å². The molecule has 0 fully saturated rings. The summed E-state index contributed by atoms with van der Waals surface area (Å²) in [4.78, 5) is 11.6. The first-order chi connectivity index (χ1) is 18.4. The molecular formula is C21H13N12O2S2. The Morgan fingerprint density at radius 3 is 2.65 bits per heavy atom. The second-order valence-corrected chi connectivity index (χ2v) is 8.85. The van der Waals surface area contributed by atoms with Gasteiger partial charge in [-0.05, 0) is 41.3 Å². The number of hydrogen-bond acceptors (Lipinski definition) is 15. The topological polar surface area (TPSA) is 165 Å². The lowest BCUT2D eigenvalue weighted by Crippen LogP contribution is -2.49. The molecule has 0 bridgehead atoms. The molecule has 0 amide bonds. The number of rotatable bonds is 6. The summed E-state index contributed by atoms with van der Waals surface area (Å²) in [6.45, 7) is 0. The third-order valence-corrected chi connectivity index (χ3v) is 6.67. The molecule has 16 heteroatoms. The van der Waals surface area contributed by atoms with Crippen molar-refractivity contribution in [3.63, 3.8) is 0 Å². The van der Waals surface area contributed by atoms with Gasteiger partial charge in [-0.1, -0.05) is 14.7 Å². The molecule has 0 aromatic carbocycles. The Morgan fingerprint density at radius 2 is 1.97 bits per heavy atom. The fraction of sp³-hybridized carbons (Fsp3) is 0.0476. The summed E-state index contributed by atoms with van der Waals surface area (Å²) in [5, 5.41) is 29.0. The van der Waals surface area contributed by atoms with E-state index in [1.807, 2.05) is 38.8 Å². The quantitative estimate of drug-likeness (QED) is 0.335. The summed E-state index contributed by atoms with van der Waals surface area (Å²) in [7, 11) is 0. The zero-order chi connectivity index (χ0) is 24.6. The van der Waals surface area contributed by atoms with E-state index in [1.54, 1.807) is 24.7 Å². The van der Waals surface area contributed by atoms with E-state index in [0.717, 1.165) is 11.3 Å². The summed E-state index contributed by atoms with van der Waals surface area (Å²) in [5.74, 6) is 1.46. The molecule has 1 unspecified atom stereocenters. The second-order valence-electron chi connectivity index (χ2n) is 7.58. The van der Waals surface area contributed by atoms with Crippen molar-refractivity contribution >= 4 is 46.0 Å². The minimum atomic E-state index is -0.554. The van der Waals surface area contributed by atoms with Crippen LogP contribution in [0.15, 0.2) is 75.2 Å². The predicted molar refractivity (Wildman–Crippen MR) is 130 cm³/mol. The highest BCUT2D eigenvalue weighted by atomic mass is 32.1. The molecule has 0 aliphatic carbocycles. The Labute approximate surface area is 215 Å². The molecule has 1 N–H and O–H groups in total. The van der Waals surface area contributed by atoms with E-state index in [-0.39, 0.29) is 0 Å². The van der Waals surface area contributed by atoms with Gasteiger partial charge in [-0.15, -0.1) is 10.2 Å². The highest BCUT2D eigenvalue weighted by molar-refractivity contribution is 7.03. The normalized spacial score (nSPS) is 16.6. The molecule has 1 aliphatic rings. The maximum absolute atomic E-state index is 5.27. The van der Waals surface area contributed by atoms with Gasteiger partial charge in [0, 0.05) is 46.3 Å². The molecule has 6 aromatic heterocycles. The van der Waals surface area contributed by atoms with E-state index in [2.05, 4.69) is 45.3 Å². The van der Waals surface area contributed by atoms with E-state index >= 15 is 0 Å². The largest absolute Gasteiger partial charge is 0.363 e. The van der Waals surface area contributed by atoms with Crippen LogP contribution in [0.1, 0.15) is 28.9 Å². The van der Waals surface area contributed by atoms with Crippen LogP contribution in [0.25, 0.3) is 11.3 Å². The van der Waals surface area contributed by atoms with Gasteiger partial charge in [0.1, 0.15) is 29.5 Å². The first-order valence-electron chi connectivity index (χ1n) is 10.7. The van der Waals surface area contributed by atoms with Gasteiger partial charge in [0.2, 0.25) is 6.17 Å². The van der Waals surface area contributed by atoms with E-state index in [0.29, 0.717) is 40.7 Å². The van der Waals surface area contributed by atoms with Crippen LogP contribution in [0.3, 0.4) is 0 Å². The molecule has 0 saturated carbocycles. The fourth-order valence-electron chi connectivity index (χ4n) is 4.24. The number of imidazole rings is 1. The highest BCUT2D eigenvalue weighted by Crippen LogP contribution is 2.52. The van der Waals surface area contributed by atoms with E-state index in [4.69, 9.17) is 13.4 Å². The molecule has 181 valence electrons. The lowest BCUT2D eigenvalue weighted by Gasteiger charge is -2.47. The van der Waals surface area contributed by atoms with Gasteiger partial charge >= 0.3 is 0 Å². The zero-order valence-corrected chi connectivity index (χ0v) is 20.1. The first-order valence-corrected chi connectivity index (χ1v) is 12.4. The average molecular weight is 530 g/mol. The van der Waals surface area contributed by atoms with Crippen molar-refractivity contribution in [3.8, 4) is 0 Å². The van der Waals surface area contributed by atoms with Crippen LogP contribution in [0.5, 0.6) is 0 Å². The van der Waals surface area contributed by atoms with E-state index in [9.17, 15) is 0 Å². The van der Waals surface area contributed by atoms with Crippen LogP contribution in [0.4, 0.5) is 11.6 Å². The van der Waals surface area contributed by atoms with Gasteiger partial charge in [-0.3, -0.25) is 4.90 Å². The predicted octanol–water partition coefficient (Wildman–Crippen LogP) is 3.05. The Morgan fingerprint density at radius 1 is 0.973 bits per heavy atom. The van der Waals surface area contributed by atoms with Crippen LogP contribution < -0.4 is 9.80 Å². The summed E-state index contributed by atoms with van der Waals surface area (Å²) in [6.07, 6.45) is 8.54. The first kappa shape index (κ1) is 21.5. The van der Waals surface area contributed by atoms with Crippen LogP contribution >= 0.6 is 23.1 Å². The molecule has 0 saturated heterocycles. The summed E-state index contributed by atoms with van der Waals surface area (Å²) < 4.78 is 19.3. The van der Waals surface area contributed by atoms with Crippen LogP contribution in [0, 0.1) is 6.17 Å². The van der Waals surface area contributed by atoms with Crippen molar-refractivity contribution in [2.24, 2.45) is 0 Å². The number of anilines is 2. The van der Waals surface area contributed by atoms with Gasteiger partial charge in [-0.2, -0.15) is 9.47 Å². The summed E-state index contributed by atoms with van der Waals surface area (Å²) in [5.41, 5.74) is 3.23. The molecule has 14 nitrogen and oxygen atoms in total. The molecule has 7 heterocycles. The monoisotopic (exact) mass is 529 g/mol. The maximum atomic E-state index is 5.27. The van der Waals surface area contributed by atoms with Gasteiger partial charge in [-0.25, -0.2) is 4.98 Å². The van der Waals surface area contributed by atoms with Crippen molar-refractivity contribution in [2.75, 3.05) is 9.80 Å². The summed E-state index contributed by atoms with van der Waals surface area (Å²) >= 11 is 2.54. The Balaban J connectivity index is 1.63. The third-order valence-electron chi connectivity index (χ3n) is 5.59. The van der Waals surface area contributed by atoms with E-state index in [1.165, 1.54) is 35.6 Å². The lowest BCUT2D eigenvalue weighted by molar-refractivity contribution is 0.393. The van der Waals surface area contributed by atoms with Gasteiger partial charge in [0.05, 0.1) is 11.4 Å². The van der Waals surface area contributed by atoms with Gasteiger partial charge in [0.25, 0.3) is 0 Å². The number of aromatic nitrogens is 10. The Kier molecular flexibility index (Phi) is 5.21. The second kappa shape index (κ2) is 8.99. The van der Waals surface area contributed by atoms with Crippen LogP contribution in [-0.2, 0) is 0 Å². The molecule has 0 spiro atoms. The van der Waals surface area contributed by atoms with Crippen molar-refractivity contribution in [2.45, 2.75) is 6.04 Å². The fourth-order valence-corrected chi connectivity index (χ4v) is 5.22. The molecular weight excluding hydrogens is 516 g/mol. The molecule has 1 radical (unpaired) electrons. The van der Waals surface area contributed by atoms with Crippen molar-refractivity contribution in [3.05, 3.63) is 95.2 Å². The van der Waals surface area contributed by atoms with Crippen molar-refractivity contribution in [1.82, 2.24) is 49.7 Å². The maximum Gasteiger partial charge on any atom is 0.217 e. The van der Waals surface area contributed by atoms with Gasteiger partial charge < -0.3 is 18.9 Å². The molecule has 1 atom stereocenters. The molecule has 6 aromatic rings. The highest BCUT2D eigenvalue weighted by Gasteiger charge is 2.49. The Hall–Kier alpha value is -4.83. The van der Waals surface area contributed by atoms with Crippen LogP contribution in [0.2, 0.25) is 0 Å². The third kappa shape index (κ3) is 3.57. The zero-order valence-electron chi connectivity index (χ0n) is 18.5. The van der Waals surface area contributed by atoms with Crippen molar-refractivity contribution in [1.29, 1.82) is 0 Å². The average Bonchev–Trinajstić information content (AvgIpc) is 3.79. The molecule has 1 aliphatic heterocycles. The minimum Gasteiger partial charge on any atom is -0.363 e. The number of H-pyrrole nitrogens is 1. The van der Waals surface area contributed by atoms with Crippen molar-refractivity contribution < 1.29 is 9.05 Å². The Bertz CT molecular complexity index is 1590. The number of nitrogens with zero attached hydrogens (tertiary/aromatic N) is 11. The SMILES string of the molecule is c1cnnc(C2=C(c3ncc[nH]3)C(c3ccsn3)N(c3conn3)[C](c3csnn3)N2c2ccon2)c1. The summed E-state index contributed by atoms with van der Waals surface area (Å²) in [6, 6.07) is 6.79. The standard InChI is InChI=1S/C21H13N12O2S2/c1-2-12(25-24-5-1)18-17(20-22-6-7-23-20)19(13-4-9-36-29-13)33(16-10-35-30-27-16)21(14-11-37-31-26-14)32(18)15-3-8-34-28-15/h1-11,19H,(H,22,23). The molecule has 7 rings (SSSR count). The smallest absolute Gasteiger partial charge is 0.217 e. The number of hydrogen-bond donors (Lipinski definition) is 1. The van der Waals surface area contributed by atoms with Crippen LogP contribution in [-0.4, -0.2) is 49.7 Å².